The molecule has 0 aromatic heterocycles. The maximum absolute atomic E-state index is 5.40. The summed E-state index contributed by atoms with van der Waals surface area (Å²) in [5.41, 5.74) is 0. The molecule has 0 saturated heterocycles. The van der Waals surface area contributed by atoms with Crippen molar-refractivity contribution in [3.8, 4) is 0 Å². The average molecular weight is 171 g/mol. The Morgan fingerprint density at radius 3 is 2.25 bits per heavy atom. The van der Waals surface area contributed by atoms with Crippen LogP contribution in [0, 0.1) is 13.8 Å². The van der Waals surface area contributed by atoms with Crippen molar-refractivity contribution in [2.75, 3.05) is 19.7 Å². The first-order chi connectivity index (χ1) is 5.85. The van der Waals surface area contributed by atoms with Crippen LogP contribution in [-0.4, -0.2) is 19.7 Å². The van der Waals surface area contributed by atoms with Gasteiger partial charge in [-0.25, -0.2) is 0 Å². The molecule has 0 aromatic carbocycles. The first-order valence-electron chi connectivity index (χ1n) is 4.81. The molecule has 0 heterocycles. The molecule has 0 amide bonds. The Balaban J connectivity index is 3.06. The minimum atomic E-state index is 0.678. The predicted octanol–water partition coefficient (Wildman–Crippen LogP) is 2.31. The van der Waals surface area contributed by atoms with Gasteiger partial charge in [-0.3, -0.25) is 0 Å². The van der Waals surface area contributed by atoms with Gasteiger partial charge in [0.05, 0.1) is 0 Å². The van der Waals surface area contributed by atoms with E-state index in [2.05, 4.69) is 20.8 Å². The van der Waals surface area contributed by atoms with Crippen LogP contribution in [0.5, 0.6) is 0 Å². The molecule has 3 radical (unpaired) electrons. The maximum Gasteiger partial charge on any atom is 0.160 e. The number of hydrogen-bond donors (Lipinski definition) is 0. The van der Waals surface area contributed by atoms with Gasteiger partial charge >= 0.3 is 0 Å². The largest absolute Gasteiger partial charge is 0.160 e. The Morgan fingerprint density at radius 1 is 1.08 bits per heavy atom. The van der Waals surface area contributed by atoms with E-state index in [9.17, 15) is 0 Å². The summed E-state index contributed by atoms with van der Waals surface area (Å²) in [6, 6.07) is 0. The number of hydroxylamine groups is 2. The minimum Gasteiger partial charge on any atom is -0.149 e. The van der Waals surface area contributed by atoms with Crippen LogP contribution < -0.4 is 5.06 Å². The van der Waals surface area contributed by atoms with Crippen molar-refractivity contribution in [3.63, 3.8) is 0 Å². The SMILES string of the molecule is [CH2]C[N+](C[CH2])OCCCCCC. The summed E-state index contributed by atoms with van der Waals surface area (Å²) in [6.07, 6.45) is 4.98. The van der Waals surface area contributed by atoms with Gasteiger partial charge < -0.3 is 0 Å². The second kappa shape index (κ2) is 9.01. The molecule has 0 aromatic rings. The topological polar surface area (TPSA) is 15.1 Å². The summed E-state index contributed by atoms with van der Waals surface area (Å²) in [5.74, 6) is 0. The lowest BCUT2D eigenvalue weighted by Gasteiger charge is -2.04. The van der Waals surface area contributed by atoms with Crippen molar-refractivity contribution in [2.24, 2.45) is 0 Å². The molecule has 2 nitrogen and oxygen atoms in total. The Kier molecular flexibility index (Phi) is 8.95. The van der Waals surface area contributed by atoms with E-state index >= 15 is 0 Å². The molecule has 0 fully saturated rings. The fourth-order valence-corrected chi connectivity index (χ4v) is 0.963. The van der Waals surface area contributed by atoms with E-state index in [0.29, 0.717) is 13.1 Å². The van der Waals surface area contributed by atoms with Crippen LogP contribution in [0.2, 0.25) is 0 Å². The van der Waals surface area contributed by atoms with E-state index in [4.69, 9.17) is 4.84 Å². The van der Waals surface area contributed by atoms with Gasteiger partial charge in [-0.1, -0.05) is 26.2 Å². The average Bonchev–Trinajstić information content (AvgIpc) is 2.11. The number of rotatable bonds is 8. The van der Waals surface area contributed by atoms with Crippen LogP contribution in [0.25, 0.3) is 0 Å². The molecule has 0 bridgehead atoms. The maximum atomic E-state index is 5.40. The molecule has 0 aliphatic carbocycles. The van der Waals surface area contributed by atoms with Crippen LogP contribution >= 0.6 is 0 Å². The molecule has 12 heavy (non-hydrogen) atoms. The lowest BCUT2D eigenvalue weighted by atomic mass is 10.2. The highest BCUT2D eigenvalue weighted by atomic mass is 16.7. The second-order valence-corrected chi connectivity index (χ2v) is 2.82. The van der Waals surface area contributed by atoms with Crippen molar-refractivity contribution in [2.45, 2.75) is 32.6 Å². The van der Waals surface area contributed by atoms with Crippen LogP contribution in [0.3, 0.4) is 0 Å². The van der Waals surface area contributed by atoms with Gasteiger partial charge in [-0.05, 0) is 11.5 Å². The van der Waals surface area contributed by atoms with Crippen molar-refractivity contribution >= 4 is 0 Å². The normalized spacial score (nSPS) is 11.0. The highest BCUT2D eigenvalue weighted by molar-refractivity contribution is 4.54. The smallest absolute Gasteiger partial charge is 0.149 e. The van der Waals surface area contributed by atoms with Crippen LogP contribution in [0.15, 0.2) is 0 Å². The zero-order valence-corrected chi connectivity index (χ0v) is 8.22. The monoisotopic (exact) mass is 171 g/mol. The molecule has 0 rings (SSSR count). The van der Waals surface area contributed by atoms with Crippen LogP contribution in [0.1, 0.15) is 32.6 Å². The van der Waals surface area contributed by atoms with Crippen molar-refractivity contribution < 1.29 is 4.84 Å². The molecule has 0 atom stereocenters. The predicted molar refractivity (Wildman–Crippen MR) is 52.7 cm³/mol. The summed E-state index contributed by atoms with van der Waals surface area (Å²) in [4.78, 5) is 5.40. The fourth-order valence-electron chi connectivity index (χ4n) is 0.963. The van der Waals surface area contributed by atoms with Crippen molar-refractivity contribution in [1.82, 2.24) is 5.06 Å². The highest BCUT2D eigenvalue weighted by Gasteiger charge is 2.09. The molecular formula is C10H21NO+. The summed E-state index contributed by atoms with van der Waals surface area (Å²) in [6.45, 7) is 11.8. The quantitative estimate of drug-likeness (QED) is 0.311. The van der Waals surface area contributed by atoms with Gasteiger partial charge in [0.15, 0.2) is 13.1 Å². The molecule has 0 spiro atoms. The molecule has 0 aliphatic heterocycles. The molecule has 0 aliphatic rings. The van der Waals surface area contributed by atoms with E-state index in [1.807, 2.05) is 0 Å². The first kappa shape index (κ1) is 11.9. The minimum absolute atomic E-state index is 0.678. The second-order valence-electron chi connectivity index (χ2n) is 2.82. The molecule has 2 heteroatoms. The number of hydrogen-bond acceptors (Lipinski definition) is 2. The van der Waals surface area contributed by atoms with E-state index in [-0.39, 0.29) is 0 Å². The third-order valence-corrected chi connectivity index (χ3v) is 1.77. The van der Waals surface area contributed by atoms with Gasteiger partial charge in [-0.15, -0.1) is 4.84 Å². The fraction of sp³-hybridized carbons (Fsp3) is 0.800. The van der Waals surface area contributed by atoms with E-state index in [1.165, 1.54) is 19.3 Å². The van der Waals surface area contributed by atoms with E-state index < -0.39 is 0 Å². The third-order valence-electron chi connectivity index (χ3n) is 1.77. The number of nitrogens with zero attached hydrogens (tertiary/aromatic N) is 1. The highest BCUT2D eigenvalue weighted by Crippen LogP contribution is 1.99. The van der Waals surface area contributed by atoms with Gasteiger partial charge in [0, 0.05) is 13.8 Å². The van der Waals surface area contributed by atoms with Crippen LogP contribution in [0.4, 0.5) is 0 Å². The Morgan fingerprint density at radius 2 is 1.75 bits per heavy atom. The van der Waals surface area contributed by atoms with Gasteiger partial charge in [0.1, 0.15) is 6.61 Å². The molecule has 0 unspecified atom stereocenters. The summed E-state index contributed by atoms with van der Waals surface area (Å²) in [7, 11) is 0. The summed E-state index contributed by atoms with van der Waals surface area (Å²) in [5, 5.41) is 1.78. The zero-order valence-electron chi connectivity index (χ0n) is 8.22. The van der Waals surface area contributed by atoms with Gasteiger partial charge in [-0.2, -0.15) is 0 Å². The Labute approximate surface area is 76.9 Å². The van der Waals surface area contributed by atoms with Gasteiger partial charge in [0.2, 0.25) is 0 Å². The zero-order chi connectivity index (χ0) is 9.23. The molecular weight excluding hydrogens is 150 g/mol. The summed E-state index contributed by atoms with van der Waals surface area (Å²) < 4.78 is 0. The molecule has 0 saturated carbocycles. The van der Waals surface area contributed by atoms with E-state index in [1.54, 1.807) is 5.06 Å². The Hall–Kier alpha value is -0.0800. The van der Waals surface area contributed by atoms with Crippen molar-refractivity contribution in [1.29, 1.82) is 0 Å². The van der Waals surface area contributed by atoms with Gasteiger partial charge in [0.25, 0.3) is 0 Å². The van der Waals surface area contributed by atoms with Crippen LogP contribution in [-0.2, 0) is 4.84 Å². The standard InChI is InChI=1S/C10H21NO/c1-4-7-8-9-10-12-11(5-2)6-3/h2-10H2,1H3/q+1. The lowest BCUT2D eigenvalue weighted by Crippen LogP contribution is -2.30. The lowest BCUT2D eigenvalue weighted by molar-refractivity contribution is -0.0588. The van der Waals surface area contributed by atoms with Crippen molar-refractivity contribution in [3.05, 3.63) is 13.8 Å². The molecule has 71 valence electrons. The molecule has 0 N–H and O–H groups in total. The number of unbranched alkanes of at least 4 members (excludes halogenated alkanes) is 3. The van der Waals surface area contributed by atoms with E-state index in [0.717, 1.165) is 13.0 Å². The summed E-state index contributed by atoms with van der Waals surface area (Å²) >= 11 is 0. The Bertz CT molecular complexity index is 81.9. The first-order valence-corrected chi connectivity index (χ1v) is 4.81. The third kappa shape index (κ3) is 6.62.